The number of benzene rings is 1. The predicted molar refractivity (Wildman–Crippen MR) is 82.4 cm³/mol. The Morgan fingerprint density at radius 3 is 2.11 bits per heavy atom. The quantitative estimate of drug-likeness (QED) is 0.835. The maximum atomic E-state index is 6.35. The van der Waals surface area contributed by atoms with Crippen molar-refractivity contribution in [1.82, 2.24) is 0 Å². The molecule has 0 aliphatic heterocycles. The summed E-state index contributed by atoms with van der Waals surface area (Å²) in [5, 5.41) is 0. The van der Waals surface area contributed by atoms with Crippen molar-refractivity contribution >= 4 is 0 Å². The zero-order valence-electron chi connectivity index (χ0n) is 13.1. The maximum Gasteiger partial charge on any atom is 0.0767 e. The van der Waals surface area contributed by atoms with Gasteiger partial charge in [-0.1, -0.05) is 58.4 Å². The Morgan fingerprint density at radius 2 is 1.68 bits per heavy atom. The van der Waals surface area contributed by atoms with Gasteiger partial charge in [0.05, 0.1) is 12.1 Å². The van der Waals surface area contributed by atoms with Gasteiger partial charge in [-0.15, -0.1) is 0 Å². The third-order valence-corrected chi connectivity index (χ3v) is 3.52. The second-order valence-electron chi connectivity index (χ2n) is 6.18. The molecule has 0 fully saturated rings. The highest BCUT2D eigenvalue weighted by Gasteiger charge is 2.20. The molecule has 0 radical (unpaired) electrons. The van der Waals surface area contributed by atoms with Gasteiger partial charge in [0.2, 0.25) is 0 Å². The van der Waals surface area contributed by atoms with E-state index in [0.717, 1.165) is 19.4 Å². The molecule has 2 nitrogen and oxygen atoms in total. The van der Waals surface area contributed by atoms with Gasteiger partial charge in [0.15, 0.2) is 0 Å². The number of rotatable bonds is 6. The topological polar surface area (TPSA) is 35.2 Å². The van der Waals surface area contributed by atoms with Crippen molar-refractivity contribution in [1.29, 1.82) is 0 Å². The summed E-state index contributed by atoms with van der Waals surface area (Å²) in [6.45, 7) is 11.6. The molecular weight excluding hydrogens is 234 g/mol. The summed E-state index contributed by atoms with van der Waals surface area (Å²) in [5.41, 5.74) is 9.04. The second-order valence-corrected chi connectivity index (χ2v) is 6.18. The molecule has 19 heavy (non-hydrogen) atoms. The van der Waals surface area contributed by atoms with Crippen molar-refractivity contribution in [2.24, 2.45) is 5.73 Å². The lowest BCUT2D eigenvalue weighted by molar-refractivity contribution is 0.0374. The molecule has 0 aliphatic rings. The second kappa shape index (κ2) is 7.06. The number of ether oxygens (including phenoxy) is 1. The van der Waals surface area contributed by atoms with E-state index in [0.29, 0.717) is 0 Å². The molecule has 0 spiro atoms. The van der Waals surface area contributed by atoms with E-state index in [-0.39, 0.29) is 17.6 Å². The largest absolute Gasteiger partial charge is 0.377 e. The first kappa shape index (κ1) is 16.2. The fourth-order valence-corrected chi connectivity index (χ4v) is 2.29. The molecule has 2 heteroatoms. The molecule has 2 unspecified atom stereocenters. The normalized spacial score (nSPS) is 15.3. The van der Waals surface area contributed by atoms with E-state index < -0.39 is 0 Å². The van der Waals surface area contributed by atoms with Gasteiger partial charge in [-0.3, -0.25) is 0 Å². The van der Waals surface area contributed by atoms with Gasteiger partial charge in [0.25, 0.3) is 0 Å². The molecule has 0 amide bonds. The van der Waals surface area contributed by atoms with E-state index in [2.05, 4.69) is 52.0 Å². The van der Waals surface area contributed by atoms with E-state index in [1.807, 2.05) is 6.92 Å². The van der Waals surface area contributed by atoms with Crippen LogP contribution in [-0.2, 0) is 10.2 Å². The van der Waals surface area contributed by atoms with Crippen LogP contribution in [0.5, 0.6) is 0 Å². The van der Waals surface area contributed by atoms with Crippen LogP contribution in [0.2, 0.25) is 0 Å². The first-order valence-electron chi connectivity index (χ1n) is 7.37. The van der Waals surface area contributed by atoms with Crippen molar-refractivity contribution in [3.05, 3.63) is 35.4 Å². The minimum atomic E-state index is -0.0334. The van der Waals surface area contributed by atoms with Crippen LogP contribution in [0.1, 0.15) is 64.6 Å². The Kier molecular flexibility index (Phi) is 6.02. The molecule has 0 aromatic heterocycles. The third-order valence-electron chi connectivity index (χ3n) is 3.52. The van der Waals surface area contributed by atoms with Crippen molar-refractivity contribution in [3.8, 4) is 0 Å². The fourth-order valence-electron chi connectivity index (χ4n) is 2.29. The molecule has 1 aromatic rings. The van der Waals surface area contributed by atoms with Crippen LogP contribution < -0.4 is 5.73 Å². The molecule has 0 saturated carbocycles. The SMILES string of the molecule is CCCC(OCC)C(N)c1ccc(C(C)(C)C)cc1. The summed E-state index contributed by atoms with van der Waals surface area (Å²) < 4.78 is 5.77. The Bertz CT molecular complexity index is 358. The van der Waals surface area contributed by atoms with E-state index >= 15 is 0 Å². The summed E-state index contributed by atoms with van der Waals surface area (Å²) >= 11 is 0. The summed E-state index contributed by atoms with van der Waals surface area (Å²) in [6.07, 6.45) is 2.23. The zero-order chi connectivity index (χ0) is 14.5. The summed E-state index contributed by atoms with van der Waals surface area (Å²) in [7, 11) is 0. The monoisotopic (exact) mass is 263 g/mol. The third kappa shape index (κ3) is 4.63. The highest BCUT2D eigenvalue weighted by atomic mass is 16.5. The molecule has 0 saturated heterocycles. The molecule has 2 atom stereocenters. The lowest BCUT2D eigenvalue weighted by Crippen LogP contribution is -2.29. The first-order chi connectivity index (χ1) is 8.90. The lowest BCUT2D eigenvalue weighted by Gasteiger charge is -2.25. The van der Waals surface area contributed by atoms with E-state index in [1.165, 1.54) is 11.1 Å². The molecular formula is C17H29NO. The Balaban J connectivity index is 2.83. The van der Waals surface area contributed by atoms with Crippen LogP contribution in [0.15, 0.2) is 24.3 Å². The van der Waals surface area contributed by atoms with Crippen LogP contribution in [0.4, 0.5) is 0 Å². The van der Waals surface area contributed by atoms with Crippen molar-refractivity contribution in [2.45, 2.75) is 65.0 Å². The van der Waals surface area contributed by atoms with Gasteiger partial charge in [0, 0.05) is 6.61 Å². The van der Waals surface area contributed by atoms with Gasteiger partial charge < -0.3 is 10.5 Å². The van der Waals surface area contributed by atoms with E-state index in [4.69, 9.17) is 10.5 Å². The molecule has 1 aromatic carbocycles. The predicted octanol–water partition coefficient (Wildman–Crippen LogP) is 4.19. The van der Waals surface area contributed by atoms with Gasteiger partial charge >= 0.3 is 0 Å². The van der Waals surface area contributed by atoms with Gasteiger partial charge in [-0.25, -0.2) is 0 Å². The molecule has 0 bridgehead atoms. The highest BCUT2D eigenvalue weighted by molar-refractivity contribution is 5.29. The van der Waals surface area contributed by atoms with Crippen molar-refractivity contribution in [2.75, 3.05) is 6.61 Å². The molecule has 0 heterocycles. The summed E-state index contributed by atoms with van der Waals surface area (Å²) in [4.78, 5) is 0. The Hall–Kier alpha value is -0.860. The molecule has 108 valence electrons. The van der Waals surface area contributed by atoms with Gasteiger partial charge in [-0.2, -0.15) is 0 Å². The highest BCUT2D eigenvalue weighted by Crippen LogP contribution is 2.25. The average molecular weight is 263 g/mol. The minimum absolute atomic E-state index is 0.0334. The van der Waals surface area contributed by atoms with E-state index in [1.54, 1.807) is 0 Å². The number of hydrogen-bond donors (Lipinski definition) is 1. The standard InChI is InChI=1S/C17H29NO/c1-6-8-15(19-7-2)16(18)13-9-11-14(12-10-13)17(3,4)5/h9-12,15-16H,6-8,18H2,1-5H3. The summed E-state index contributed by atoms with van der Waals surface area (Å²) in [5.74, 6) is 0. The van der Waals surface area contributed by atoms with Crippen molar-refractivity contribution in [3.63, 3.8) is 0 Å². The smallest absolute Gasteiger partial charge is 0.0767 e. The van der Waals surface area contributed by atoms with Crippen LogP contribution in [0.25, 0.3) is 0 Å². The van der Waals surface area contributed by atoms with Gasteiger partial charge in [-0.05, 0) is 29.9 Å². The number of hydrogen-bond acceptors (Lipinski definition) is 2. The maximum absolute atomic E-state index is 6.35. The van der Waals surface area contributed by atoms with Crippen molar-refractivity contribution < 1.29 is 4.74 Å². The van der Waals surface area contributed by atoms with Crippen LogP contribution >= 0.6 is 0 Å². The van der Waals surface area contributed by atoms with Gasteiger partial charge in [0.1, 0.15) is 0 Å². The Morgan fingerprint density at radius 1 is 1.11 bits per heavy atom. The lowest BCUT2D eigenvalue weighted by atomic mass is 9.86. The zero-order valence-corrected chi connectivity index (χ0v) is 13.1. The molecule has 0 aliphatic carbocycles. The first-order valence-corrected chi connectivity index (χ1v) is 7.37. The minimum Gasteiger partial charge on any atom is -0.377 e. The van der Waals surface area contributed by atoms with Crippen LogP contribution in [0.3, 0.4) is 0 Å². The Labute approximate surface area is 118 Å². The molecule has 1 rings (SSSR count). The number of nitrogens with two attached hydrogens (primary N) is 1. The fraction of sp³-hybridized carbons (Fsp3) is 0.647. The average Bonchev–Trinajstić information content (AvgIpc) is 2.37. The van der Waals surface area contributed by atoms with Crippen LogP contribution in [-0.4, -0.2) is 12.7 Å². The van der Waals surface area contributed by atoms with Crippen LogP contribution in [0, 0.1) is 0 Å². The summed E-state index contributed by atoms with van der Waals surface area (Å²) in [6, 6.07) is 8.63. The van der Waals surface area contributed by atoms with E-state index in [9.17, 15) is 0 Å². The molecule has 2 N–H and O–H groups in total.